The molecule has 0 aromatic heterocycles. The van der Waals surface area contributed by atoms with Crippen LogP contribution in [0.15, 0.2) is 54.6 Å². The number of nitrogens with one attached hydrogen (secondary N) is 1. The summed E-state index contributed by atoms with van der Waals surface area (Å²) in [5.74, 6) is -0.475. The van der Waals surface area contributed by atoms with Gasteiger partial charge in [0.15, 0.2) is 6.61 Å². The first kappa shape index (κ1) is 16.7. The van der Waals surface area contributed by atoms with Gasteiger partial charge >= 0.3 is 6.18 Å². The van der Waals surface area contributed by atoms with E-state index in [2.05, 4.69) is 10.1 Å². The van der Waals surface area contributed by atoms with Crippen LogP contribution in [0.3, 0.4) is 0 Å². The zero-order valence-corrected chi connectivity index (χ0v) is 12.0. The van der Waals surface area contributed by atoms with Gasteiger partial charge in [0, 0.05) is 5.69 Å². The van der Waals surface area contributed by atoms with Crippen molar-refractivity contribution in [2.45, 2.75) is 12.2 Å². The summed E-state index contributed by atoms with van der Waals surface area (Å²) in [6, 6.07) is 13.9. The summed E-state index contributed by atoms with van der Waals surface area (Å²) >= 11 is 0. The molecule has 0 bridgehead atoms. The van der Waals surface area contributed by atoms with Gasteiger partial charge in [0.05, 0.1) is 0 Å². The molecule has 1 atom stereocenters. The first-order valence-corrected chi connectivity index (χ1v) is 6.75. The number of primary amides is 1. The monoisotopic (exact) mass is 324 g/mol. The van der Waals surface area contributed by atoms with Gasteiger partial charge in [-0.15, -0.1) is 0 Å². The van der Waals surface area contributed by atoms with Gasteiger partial charge in [-0.2, -0.15) is 13.2 Å². The molecule has 2 aromatic rings. The molecule has 0 aliphatic carbocycles. The van der Waals surface area contributed by atoms with E-state index in [1.165, 1.54) is 24.3 Å². The summed E-state index contributed by atoms with van der Waals surface area (Å²) in [6.07, 6.45) is -4.39. The molecular weight excluding hydrogens is 309 g/mol. The number of benzene rings is 2. The number of carbonyl (C=O) groups is 1. The molecule has 3 N–H and O–H groups in total. The van der Waals surface area contributed by atoms with Crippen LogP contribution in [0, 0.1) is 0 Å². The Hall–Kier alpha value is -2.70. The summed E-state index contributed by atoms with van der Waals surface area (Å²) in [6.45, 7) is -1.35. The quantitative estimate of drug-likeness (QED) is 0.857. The standard InChI is InChI=1S/C16H15F3N2O2/c17-16(18,19)10-23-13-8-6-12(7-9-13)21-14(15(20)22)11-4-2-1-3-5-11/h1-9,14,21H,10H2,(H2,20,22). The minimum atomic E-state index is -4.39. The minimum absolute atomic E-state index is 0.0863. The van der Waals surface area contributed by atoms with E-state index in [0.29, 0.717) is 11.3 Å². The zero-order chi connectivity index (χ0) is 16.9. The van der Waals surface area contributed by atoms with Gasteiger partial charge in [0.1, 0.15) is 11.8 Å². The number of hydrogen-bond acceptors (Lipinski definition) is 3. The Balaban J connectivity index is 2.05. The number of hydrogen-bond donors (Lipinski definition) is 2. The van der Waals surface area contributed by atoms with Crippen LogP contribution in [-0.2, 0) is 4.79 Å². The SMILES string of the molecule is NC(=O)C(Nc1ccc(OCC(F)(F)F)cc1)c1ccccc1. The molecule has 0 spiro atoms. The topological polar surface area (TPSA) is 64.4 Å². The van der Waals surface area contributed by atoms with Crippen molar-refractivity contribution in [2.75, 3.05) is 11.9 Å². The maximum absolute atomic E-state index is 12.1. The summed E-state index contributed by atoms with van der Waals surface area (Å²) in [4.78, 5) is 11.6. The average molecular weight is 324 g/mol. The Morgan fingerprint density at radius 2 is 1.70 bits per heavy atom. The van der Waals surface area contributed by atoms with Crippen molar-refractivity contribution < 1.29 is 22.7 Å². The van der Waals surface area contributed by atoms with E-state index in [0.717, 1.165) is 0 Å². The normalized spacial score (nSPS) is 12.5. The summed E-state index contributed by atoms with van der Waals surface area (Å²) < 4.78 is 40.9. The lowest BCUT2D eigenvalue weighted by atomic mass is 10.1. The number of amides is 1. The lowest BCUT2D eigenvalue weighted by molar-refractivity contribution is -0.153. The van der Waals surface area contributed by atoms with Gasteiger partial charge in [-0.1, -0.05) is 30.3 Å². The van der Waals surface area contributed by atoms with E-state index in [1.54, 1.807) is 24.3 Å². The molecule has 2 rings (SSSR count). The van der Waals surface area contributed by atoms with Crippen molar-refractivity contribution in [1.29, 1.82) is 0 Å². The molecule has 0 heterocycles. The Morgan fingerprint density at radius 3 is 2.22 bits per heavy atom. The third-order valence-corrected chi connectivity index (χ3v) is 2.99. The first-order chi connectivity index (χ1) is 10.8. The summed E-state index contributed by atoms with van der Waals surface area (Å²) in [5.41, 5.74) is 6.62. The van der Waals surface area contributed by atoms with E-state index in [9.17, 15) is 18.0 Å². The van der Waals surface area contributed by atoms with E-state index >= 15 is 0 Å². The number of rotatable bonds is 6. The summed E-state index contributed by atoms with van der Waals surface area (Å²) in [5, 5.41) is 2.94. The number of alkyl halides is 3. The second-order valence-electron chi connectivity index (χ2n) is 4.82. The third-order valence-electron chi connectivity index (χ3n) is 2.99. The first-order valence-electron chi connectivity index (χ1n) is 6.75. The van der Waals surface area contributed by atoms with Gasteiger partial charge in [0.25, 0.3) is 0 Å². The van der Waals surface area contributed by atoms with Gasteiger partial charge in [-0.25, -0.2) is 0 Å². The second-order valence-corrected chi connectivity index (χ2v) is 4.82. The van der Waals surface area contributed by atoms with Gasteiger partial charge in [-0.05, 0) is 29.8 Å². The van der Waals surface area contributed by atoms with E-state index in [-0.39, 0.29) is 5.75 Å². The fourth-order valence-electron chi connectivity index (χ4n) is 1.94. The lowest BCUT2D eigenvalue weighted by Gasteiger charge is -2.17. The Bertz CT molecular complexity index is 643. The maximum Gasteiger partial charge on any atom is 0.422 e. The molecule has 0 saturated heterocycles. The van der Waals surface area contributed by atoms with Crippen LogP contribution in [0.5, 0.6) is 5.75 Å². The lowest BCUT2D eigenvalue weighted by Crippen LogP contribution is -2.27. The molecule has 0 aliphatic rings. The molecule has 2 aromatic carbocycles. The molecule has 1 unspecified atom stereocenters. The Morgan fingerprint density at radius 1 is 1.09 bits per heavy atom. The van der Waals surface area contributed by atoms with Crippen molar-refractivity contribution in [3.8, 4) is 5.75 Å². The van der Waals surface area contributed by atoms with Crippen LogP contribution in [0.4, 0.5) is 18.9 Å². The predicted octanol–water partition coefficient (Wildman–Crippen LogP) is 3.27. The molecule has 122 valence electrons. The number of nitrogens with two attached hydrogens (primary N) is 1. The fourth-order valence-corrected chi connectivity index (χ4v) is 1.94. The molecular formula is C16H15F3N2O2. The van der Waals surface area contributed by atoms with Crippen LogP contribution in [0.2, 0.25) is 0 Å². The number of anilines is 1. The van der Waals surface area contributed by atoms with E-state index < -0.39 is 24.7 Å². The number of carbonyl (C=O) groups excluding carboxylic acids is 1. The van der Waals surface area contributed by atoms with Crippen molar-refractivity contribution in [2.24, 2.45) is 5.73 Å². The summed E-state index contributed by atoms with van der Waals surface area (Å²) in [7, 11) is 0. The van der Waals surface area contributed by atoms with Crippen LogP contribution in [0.1, 0.15) is 11.6 Å². The highest BCUT2D eigenvalue weighted by Gasteiger charge is 2.28. The van der Waals surface area contributed by atoms with Crippen LogP contribution in [0.25, 0.3) is 0 Å². The molecule has 0 radical (unpaired) electrons. The highest BCUT2D eigenvalue weighted by Crippen LogP contribution is 2.23. The molecule has 0 aliphatic heterocycles. The zero-order valence-electron chi connectivity index (χ0n) is 12.0. The van der Waals surface area contributed by atoms with Crippen molar-refractivity contribution >= 4 is 11.6 Å². The Labute approximate surface area is 131 Å². The van der Waals surface area contributed by atoms with Crippen LogP contribution >= 0.6 is 0 Å². The van der Waals surface area contributed by atoms with Crippen LogP contribution < -0.4 is 15.8 Å². The number of halogens is 3. The predicted molar refractivity (Wildman–Crippen MR) is 80.0 cm³/mol. The fraction of sp³-hybridized carbons (Fsp3) is 0.188. The van der Waals surface area contributed by atoms with Crippen molar-refractivity contribution in [3.05, 3.63) is 60.2 Å². The highest BCUT2D eigenvalue weighted by molar-refractivity contribution is 5.84. The third kappa shape index (κ3) is 5.21. The maximum atomic E-state index is 12.1. The molecule has 0 saturated carbocycles. The van der Waals surface area contributed by atoms with E-state index in [4.69, 9.17) is 5.73 Å². The molecule has 7 heteroatoms. The van der Waals surface area contributed by atoms with Gasteiger partial charge in [0.2, 0.25) is 5.91 Å². The molecule has 0 fully saturated rings. The molecule has 4 nitrogen and oxygen atoms in total. The van der Waals surface area contributed by atoms with Crippen molar-refractivity contribution in [1.82, 2.24) is 0 Å². The van der Waals surface area contributed by atoms with Gasteiger partial charge in [-0.3, -0.25) is 4.79 Å². The second kappa shape index (κ2) is 7.04. The minimum Gasteiger partial charge on any atom is -0.484 e. The highest BCUT2D eigenvalue weighted by atomic mass is 19.4. The van der Waals surface area contributed by atoms with E-state index in [1.807, 2.05) is 6.07 Å². The smallest absolute Gasteiger partial charge is 0.422 e. The average Bonchev–Trinajstić information content (AvgIpc) is 2.51. The molecule has 1 amide bonds. The number of ether oxygens (including phenoxy) is 1. The van der Waals surface area contributed by atoms with Crippen LogP contribution in [-0.4, -0.2) is 18.7 Å². The van der Waals surface area contributed by atoms with Gasteiger partial charge < -0.3 is 15.8 Å². The molecule has 23 heavy (non-hydrogen) atoms. The Kier molecular flexibility index (Phi) is 5.10. The largest absolute Gasteiger partial charge is 0.484 e. The van der Waals surface area contributed by atoms with Crippen molar-refractivity contribution in [3.63, 3.8) is 0 Å².